The molecule has 0 saturated carbocycles. The predicted octanol–water partition coefficient (Wildman–Crippen LogP) is 2.80. The molecule has 2 N–H and O–H groups in total. The standard InChI is InChI=1S/C14H13F2NO2S/c1-8-4-5-20-13(8)14(19)17-7-12(18)10-3-2-9(15)6-11(10)16/h2-6,12,18H,7H2,1H3,(H,17,19). The van der Waals surface area contributed by atoms with Crippen LogP contribution in [0, 0.1) is 18.6 Å². The van der Waals surface area contributed by atoms with E-state index in [2.05, 4.69) is 5.32 Å². The molecular weight excluding hydrogens is 284 g/mol. The first kappa shape index (κ1) is 14.6. The van der Waals surface area contributed by atoms with Crippen LogP contribution in [0.3, 0.4) is 0 Å². The van der Waals surface area contributed by atoms with Gasteiger partial charge in [-0.15, -0.1) is 11.3 Å². The van der Waals surface area contributed by atoms with Gasteiger partial charge in [-0.2, -0.15) is 0 Å². The minimum atomic E-state index is -1.22. The summed E-state index contributed by atoms with van der Waals surface area (Å²) in [5.74, 6) is -1.87. The third-order valence-corrected chi connectivity index (χ3v) is 3.86. The van der Waals surface area contributed by atoms with Gasteiger partial charge in [0.1, 0.15) is 11.6 Å². The minimum Gasteiger partial charge on any atom is -0.386 e. The zero-order chi connectivity index (χ0) is 14.7. The minimum absolute atomic E-state index is 0.0467. The van der Waals surface area contributed by atoms with E-state index in [1.165, 1.54) is 11.3 Å². The lowest BCUT2D eigenvalue weighted by atomic mass is 10.1. The number of nitrogens with one attached hydrogen (secondary N) is 1. The number of hydrogen-bond donors (Lipinski definition) is 2. The maximum Gasteiger partial charge on any atom is 0.261 e. The first-order valence-electron chi connectivity index (χ1n) is 5.94. The molecule has 1 aromatic carbocycles. The van der Waals surface area contributed by atoms with Crippen molar-refractivity contribution in [1.29, 1.82) is 0 Å². The monoisotopic (exact) mass is 297 g/mol. The van der Waals surface area contributed by atoms with E-state index in [9.17, 15) is 18.7 Å². The fraction of sp³-hybridized carbons (Fsp3) is 0.214. The topological polar surface area (TPSA) is 49.3 Å². The molecule has 1 heterocycles. The number of aryl methyl sites for hydroxylation is 1. The van der Waals surface area contributed by atoms with Crippen LogP contribution in [0.25, 0.3) is 0 Å². The Morgan fingerprint density at radius 2 is 2.15 bits per heavy atom. The van der Waals surface area contributed by atoms with Gasteiger partial charge in [0.05, 0.1) is 11.0 Å². The molecule has 1 atom stereocenters. The number of carbonyl (C=O) groups is 1. The van der Waals surface area contributed by atoms with Crippen LogP contribution in [0.5, 0.6) is 0 Å². The Balaban J connectivity index is 2.00. The third-order valence-electron chi connectivity index (χ3n) is 2.85. The number of thiophene rings is 1. The highest BCUT2D eigenvalue weighted by molar-refractivity contribution is 7.12. The van der Waals surface area contributed by atoms with E-state index in [1.807, 2.05) is 13.0 Å². The van der Waals surface area contributed by atoms with Gasteiger partial charge in [0.15, 0.2) is 0 Å². The fourth-order valence-electron chi connectivity index (χ4n) is 1.76. The van der Waals surface area contributed by atoms with Crippen molar-refractivity contribution >= 4 is 17.2 Å². The van der Waals surface area contributed by atoms with Crippen molar-refractivity contribution in [2.75, 3.05) is 6.54 Å². The van der Waals surface area contributed by atoms with Gasteiger partial charge in [-0.25, -0.2) is 8.78 Å². The van der Waals surface area contributed by atoms with E-state index in [4.69, 9.17) is 0 Å². The van der Waals surface area contributed by atoms with Crippen molar-refractivity contribution in [3.8, 4) is 0 Å². The van der Waals surface area contributed by atoms with Gasteiger partial charge in [0.2, 0.25) is 0 Å². The van der Waals surface area contributed by atoms with E-state index >= 15 is 0 Å². The smallest absolute Gasteiger partial charge is 0.261 e. The predicted molar refractivity (Wildman–Crippen MR) is 72.7 cm³/mol. The summed E-state index contributed by atoms with van der Waals surface area (Å²) < 4.78 is 26.2. The summed E-state index contributed by atoms with van der Waals surface area (Å²) in [6.07, 6.45) is -1.22. The van der Waals surface area contributed by atoms with Gasteiger partial charge in [0, 0.05) is 18.2 Å². The first-order valence-corrected chi connectivity index (χ1v) is 6.82. The molecule has 2 aromatic rings. The van der Waals surface area contributed by atoms with Crippen molar-refractivity contribution in [3.05, 3.63) is 57.3 Å². The molecule has 20 heavy (non-hydrogen) atoms. The number of halogens is 2. The third kappa shape index (κ3) is 3.20. The van der Waals surface area contributed by atoms with Crippen molar-refractivity contribution in [1.82, 2.24) is 5.32 Å². The first-order chi connectivity index (χ1) is 9.49. The normalized spacial score (nSPS) is 12.2. The molecule has 2 rings (SSSR count). The van der Waals surface area contributed by atoms with Gasteiger partial charge >= 0.3 is 0 Å². The molecule has 3 nitrogen and oxygen atoms in total. The van der Waals surface area contributed by atoms with Crippen LogP contribution in [0.15, 0.2) is 29.6 Å². The highest BCUT2D eigenvalue weighted by Crippen LogP contribution is 2.18. The van der Waals surface area contributed by atoms with E-state index in [0.29, 0.717) is 10.9 Å². The second kappa shape index (κ2) is 6.11. The molecule has 0 fully saturated rings. The fourth-order valence-corrected chi connectivity index (χ4v) is 2.60. The summed E-state index contributed by atoms with van der Waals surface area (Å²) in [7, 11) is 0. The Morgan fingerprint density at radius 3 is 2.75 bits per heavy atom. The van der Waals surface area contributed by atoms with E-state index in [-0.39, 0.29) is 18.0 Å². The van der Waals surface area contributed by atoms with Crippen molar-refractivity contribution < 1.29 is 18.7 Å². The molecule has 0 aliphatic rings. The molecule has 0 aliphatic carbocycles. The highest BCUT2D eigenvalue weighted by atomic mass is 32.1. The number of carbonyl (C=O) groups excluding carboxylic acids is 1. The highest BCUT2D eigenvalue weighted by Gasteiger charge is 2.16. The molecule has 6 heteroatoms. The SMILES string of the molecule is Cc1ccsc1C(=O)NCC(O)c1ccc(F)cc1F. The summed E-state index contributed by atoms with van der Waals surface area (Å²) >= 11 is 1.29. The zero-order valence-electron chi connectivity index (χ0n) is 10.7. The molecule has 0 aliphatic heterocycles. The quantitative estimate of drug-likeness (QED) is 0.911. The van der Waals surface area contributed by atoms with Crippen molar-refractivity contribution in [3.63, 3.8) is 0 Å². The summed E-state index contributed by atoms with van der Waals surface area (Å²) in [5, 5.41) is 14.2. The Bertz CT molecular complexity index is 627. The van der Waals surface area contributed by atoms with Gasteiger partial charge in [0.25, 0.3) is 5.91 Å². The number of aliphatic hydroxyl groups is 1. The van der Waals surface area contributed by atoms with E-state index in [1.54, 1.807) is 5.38 Å². The molecule has 0 saturated heterocycles. The Kier molecular flexibility index (Phi) is 4.46. The second-order valence-corrected chi connectivity index (χ2v) is 5.24. The van der Waals surface area contributed by atoms with Crippen LogP contribution < -0.4 is 5.32 Å². The molecule has 1 amide bonds. The largest absolute Gasteiger partial charge is 0.386 e. The molecule has 0 bridgehead atoms. The average Bonchev–Trinajstić information content (AvgIpc) is 2.82. The maximum absolute atomic E-state index is 13.5. The van der Waals surface area contributed by atoms with Crippen molar-refractivity contribution in [2.24, 2.45) is 0 Å². The van der Waals surface area contributed by atoms with E-state index < -0.39 is 17.7 Å². The van der Waals surface area contributed by atoms with Gasteiger partial charge in [-0.1, -0.05) is 6.07 Å². The van der Waals surface area contributed by atoms with Crippen LogP contribution in [-0.2, 0) is 0 Å². The lowest BCUT2D eigenvalue weighted by molar-refractivity contribution is 0.0917. The number of benzene rings is 1. The lowest BCUT2D eigenvalue weighted by Gasteiger charge is -2.13. The number of aliphatic hydroxyl groups excluding tert-OH is 1. The summed E-state index contributed by atoms with van der Waals surface area (Å²) in [6.45, 7) is 1.67. The second-order valence-electron chi connectivity index (χ2n) is 4.32. The van der Waals surface area contributed by atoms with Crippen LogP contribution in [-0.4, -0.2) is 17.6 Å². The van der Waals surface area contributed by atoms with Gasteiger partial charge < -0.3 is 10.4 Å². The molecule has 0 spiro atoms. The van der Waals surface area contributed by atoms with E-state index in [0.717, 1.165) is 17.7 Å². The summed E-state index contributed by atoms with van der Waals surface area (Å²) in [5.41, 5.74) is 0.796. The van der Waals surface area contributed by atoms with Crippen molar-refractivity contribution in [2.45, 2.75) is 13.0 Å². The van der Waals surface area contributed by atoms with Crippen LogP contribution in [0.4, 0.5) is 8.78 Å². The lowest BCUT2D eigenvalue weighted by Crippen LogP contribution is -2.28. The molecule has 1 aromatic heterocycles. The maximum atomic E-state index is 13.5. The van der Waals surface area contributed by atoms with Crippen LogP contribution in [0.2, 0.25) is 0 Å². The Labute approximate surface area is 118 Å². The zero-order valence-corrected chi connectivity index (χ0v) is 11.5. The number of amides is 1. The molecule has 106 valence electrons. The average molecular weight is 297 g/mol. The summed E-state index contributed by atoms with van der Waals surface area (Å²) in [4.78, 5) is 12.4. The van der Waals surface area contributed by atoms with Crippen LogP contribution in [0.1, 0.15) is 26.9 Å². The Morgan fingerprint density at radius 1 is 1.40 bits per heavy atom. The van der Waals surface area contributed by atoms with Gasteiger partial charge in [-0.05, 0) is 30.0 Å². The van der Waals surface area contributed by atoms with Crippen LogP contribution >= 0.6 is 11.3 Å². The number of rotatable bonds is 4. The molecule has 0 radical (unpaired) electrons. The Hall–Kier alpha value is -1.79. The summed E-state index contributed by atoms with van der Waals surface area (Å²) in [6, 6.07) is 4.74. The van der Waals surface area contributed by atoms with Gasteiger partial charge in [-0.3, -0.25) is 4.79 Å². The number of hydrogen-bond acceptors (Lipinski definition) is 3. The molecular formula is C14H13F2NO2S. The molecule has 1 unspecified atom stereocenters.